The third-order valence-electron chi connectivity index (χ3n) is 1.92. The quantitative estimate of drug-likeness (QED) is 0.458. The summed E-state index contributed by atoms with van der Waals surface area (Å²) in [5.41, 5.74) is 0. The molecular formula is C9H13NO7. The van der Waals surface area contributed by atoms with Crippen LogP contribution in [0.4, 0.5) is 0 Å². The fraction of sp³-hybridized carbons (Fsp3) is 0.556. The van der Waals surface area contributed by atoms with Gasteiger partial charge in [0, 0.05) is 5.92 Å². The Bertz CT molecular complexity index is 338. The van der Waals surface area contributed by atoms with Crippen molar-refractivity contribution >= 4 is 23.8 Å². The van der Waals surface area contributed by atoms with Gasteiger partial charge in [0.15, 0.2) is 0 Å². The Morgan fingerprint density at radius 2 is 1.47 bits per heavy atom. The van der Waals surface area contributed by atoms with Crippen LogP contribution >= 0.6 is 0 Å². The highest BCUT2D eigenvalue weighted by atomic mass is 16.4. The number of carbonyl (C=O) groups is 4. The van der Waals surface area contributed by atoms with Gasteiger partial charge in [-0.05, 0) is 0 Å². The van der Waals surface area contributed by atoms with E-state index in [1.165, 1.54) is 6.92 Å². The van der Waals surface area contributed by atoms with Gasteiger partial charge in [0.1, 0.15) is 6.04 Å². The molecule has 96 valence electrons. The lowest BCUT2D eigenvalue weighted by Gasteiger charge is -2.15. The Hall–Kier alpha value is -2.12. The maximum atomic E-state index is 11.3. The SMILES string of the molecule is CC(CC(=O)O)C(=O)NC(CC(=O)O)C(=O)O. The molecule has 0 aromatic heterocycles. The minimum atomic E-state index is -1.56. The number of nitrogens with one attached hydrogen (secondary N) is 1. The van der Waals surface area contributed by atoms with E-state index in [4.69, 9.17) is 15.3 Å². The van der Waals surface area contributed by atoms with Gasteiger partial charge in [-0.1, -0.05) is 6.92 Å². The smallest absolute Gasteiger partial charge is 0.326 e. The van der Waals surface area contributed by atoms with Crippen molar-refractivity contribution in [2.45, 2.75) is 25.8 Å². The predicted molar refractivity (Wildman–Crippen MR) is 53.2 cm³/mol. The van der Waals surface area contributed by atoms with Gasteiger partial charge in [-0.2, -0.15) is 0 Å². The normalized spacial score (nSPS) is 13.5. The van der Waals surface area contributed by atoms with Crippen molar-refractivity contribution in [2.75, 3.05) is 0 Å². The summed E-state index contributed by atoms with van der Waals surface area (Å²) in [6.45, 7) is 1.31. The zero-order valence-electron chi connectivity index (χ0n) is 9.04. The molecule has 8 nitrogen and oxygen atoms in total. The molecule has 17 heavy (non-hydrogen) atoms. The summed E-state index contributed by atoms with van der Waals surface area (Å²) < 4.78 is 0. The molecule has 0 bridgehead atoms. The van der Waals surface area contributed by atoms with Gasteiger partial charge in [-0.3, -0.25) is 14.4 Å². The molecular weight excluding hydrogens is 234 g/mol. The molecule has 8 heteroatoms. The van der Waals surface area contributed by atoms with Crippen LogP contribution in [0, 0.1) is 5.92 Å². The van der Waals surface area contributed by atoms with Crippen LogP contribution in [0.25, 0.3) is 0 Å². The molecule has 0 rings (SSSR count). The number of aliphatic carboxylic acids is 3. The lowest BCUT2D eigenvalue weighted by molar-refractivity contribution is -0.148. The zero-order chi connectivity index (χ0) is 13.6. The number of carboxylic acid groups (broad SMARTS) is 3. The fourth-order valence-corrected chi connectivity index (χ4v) is 1.04. The fourth-order valence-electron chi connectivity index (χ4n) is 1.04. The molecule has 0 aromatic rings. The van der Waals surface area contributed by atoms with E-state index in [2.05, 4.69) is 0 Å². The summed E-state index contributed by atoms with van der Waals surface area (Å²) in [5, 5.41) is 27.5. The molecule has 0 aliphatic rings. The molecule has 0 saturated heterocycles. The van der Waals surface area contributed by atoms with Crippen LogP contribution in [-0.2, 0) is 19.2 Å². The molecule has 0 aliphatic carbocycles. The van der Waals surface area contributed by atoms with Crippen LogP contribution in [0.5, 0.6) is 0 Å². The van der Waals surface area contributed by atoms with Gasteiger partial charge in [0.25, 0.3) is 0 Å². The molecule has 4 N–H and O–H groups in total. The second-order valence-corrected chi connectivity index (χ2v) is 3.50. The molecule has 1 amide bonds. The summed E-state index contributed by atoms with van der Waals surface area (Å²) in [6.07, 6.45) is -1.22. The van der Waals surface area contributed by atoms with Crippen molar-refractivity contribution < 1.29 is 34.5 Å². The van der Waals surface area contributed by atoms with Crippen molar-refractivity contribution in [3.8, 4) is 0 Å². The molecule has 0 spiro atoms. The van der Waals surface area contributed by atoms with Crippen LogP contribution in [0.15, 0.2) is 0 Å². The monoisotopic (exact) mass is 247 g/mol. The van der Waals surface area contributed by atoms with Crippen LogP contribution in [0.2, 0.25) is 0 Å². The van der Waals surface area contributed by atoms with E-state index in [1.54, 1.807) is 0 Å². The van der Waals surface area contributed by atoms with Crippen LogP contribution in [-0.4, -0.2) is 45.2 Å². The largest absolute Gasteiger partial charge is 0.481 e. The van der Waals surface area contributed by atoms with E-state index in [1.807, 2.05) is 5.32 Å². The maximum absolute atomic E-state index is 11.3. The standard InChI is InChI=1S/C9H13NO7/c1-4(2-6(11)12)8(15)10-5(9(16)17)3-7(13)14/h4-5H,2-3H2,1H3,(H,10,15)(H,11,12)(H,13,14)(H,16,17). The summed E-state index contributed by atoms with van der Waals surface area (Å²) in [6, 6.07) is -1.56. The number of hydrogen-bond donors (Lipinski definition) is 4. The maximum Gasteiger partial charge on any atom is 0.326 e. The van der Waals surface area contributed by atoms with Gasteiger partial charge in [-0.15, -0.1) is 0 Å². The Morgan fingerprint density at radius 1 is 1.00 bits per heavy atom. The highest BCUT2D eigenvalue weighted by molar-refractivity contribution is 5.89. The van der Waals surface area contributed by atoms with Crippen molar-refractivity contribution in [1.29, 1.82) is 0 Å². The van der Waals surface area contributed by atoms with E-state index in [0.717, 1.165) is 0 Å². The highest BCUT2D eigenvalue weighted by Gasteiger charge is 2.26. The number of carboxylic acids is 3. The second kappa shape index (κ2) is 6.46. The van der Waals surface area contributed by atoms with Gasteiger partial charge in [0.2, 0.25) is 5.91 Å². The molecule has 0 fully saturated rings. The average molecular weight is 247 g/mol. The van der Waals surface area contributed by atoms with Crippen molar-refractivity contribution in [3.05, 3.63) is 0 Å². The molecule has 0 aliphatic heterocycles. The third kappa shape index (κ3) is 6.13. The molecule has 0 saturated carbocycles. The van der Waals surface area contributed by atoms with Gasteiger partial charge >= 0.3 is 17.9 Å². The van der Waals surface area contributed by atoms with Crippen LogP contribution in [0.1, 0.15) is 19.8 Å². The Morgan fingerprint density at radius 3 is 1.82 bits per heavy atom. The lowest BCUT2D eigenvalue weighted by Crippen LogP contribution is -2.44. The van der Waals surface area contributed by atoms with E-state index in [-0.39, 0.29) is 0 Å². The first-order valence-corrected chi connectivity index (χ1v) is 4.70. The summed E-state index contributed by atoms with van der Waals surface area (Å²) in [5.74, 6) is -5.78. The first-order chi connectivity index (χ1) is 7.73. The van der Waals surface area contributed by atoms with Crippen molar-refractivity contribution in [1.82, 2.24) is 5.32 Å². The second-order valence-electron chi connectivity index (χ2n) is 3.50. The number of hydrogen-bond acceptors (Lipinski definition) is 4. The van der Waals surface area contributed by atoms with Crippen LogP contribution in [0.3, 0.4) is 0 Å². The molecule has 2 unspecified atom stereocenters. The van der Waals surface area contributed by atoms with Gasteiger partial charge < -0.3 is 20.6 Å². The van der Waals surface area contributed by atoms with Crippen molar-refractivity contribution in [3.63, 3.8) is 0 Å². The average Bonchev–Trinajstić information content (AvgIpc) is 2.14. The first kappa shape index (κ1) is 14.9. The minimum Gasteiger partial charge on any atom is -0.481 e. The van der Waals surface area contributed by atoms with Crippen molar-refractivity contribution in [2.24, 2.45) is 5.92 Å². The Kier molecular flexibility index (Phi) is 5.65. The van der Waals surface area contributed by atoms with E-state index < -0.39 is 48.6 Å². The van der Waals surface area contributed by atoms with E-state index >= 15 is 0 Å². The Labute approximate surface area is 96.2 Å². The lowest BCUT2D eigenvalue weighted by atomic mass is 10.1. The number of amides is 1. The molecule has 0 heterocycles. The van der Waals surface area contributed by atoms with E-state index in [0.29, 0.717) is 0 Å². The van der Waals surface area contributed by atoms with Gasteiger partial charge in [0.05, 0.1) is 12.8 Å². The third-order valence-corrected chi connectivity index (χ3v) is 1.92. The zero-order valence-corrected chi connectivity index (χ0v) is 9.04. The Balaban J connectivity index is 4.44. The highest BCUT2D eigenvalue weighted by Crippen LogP contribution is 2.03. The molecule has 0 radical (unpaired) electrons. The summed E-state index contributed by atoms with van der Waals surface area (Å²) in [7, 11) is 0. The number of carbonyl (C=O) groups excluding carboxylic acids is 1. The minimum absolute atomic E-state index is 0.453. The molecule has 2 atom stereocenters. The number of rotatable bonds is 7. The predicted octanol–water partition coefficient (Wildman–Crippen LogP) is -0.859. The van der Waals surface area contributed by atoms with Crippen LogP contribution < -0.4 is 5.32 Å². The summed E-state index contributed by atoms with van der Waals surface area (Å²) in [4.78, 5) is 42.6. The van der Waals surface area contributed by atoms with Gasteiger partial charge in [-0.25, -0.2) is 4.79 Å². The van der Waals surface area contributed by atoms with E-state index in [9.17, 15) is 19.2 Å². The summed E-state index contributed by atoms with van der Waals surface area (Å²) >= 11 is 0. The molecule has 0 aromatic carbocycles. The first-order valence-electron chi connectivity index (χ1n) is 4.70. The topological polar surface area (TPSA) is 141 Å².